The number of carbonyl (C=O) groups is 4. The lowest BCUT2D eigenvalue weighted by Crippen LogP contribution is -2.71. The van der Waals surface area contributed by atoms with Gasteiger partial charge in [0.1, 0.15) is 29.4 Å². The van der Waals surface area contributed by atoms with Crippen molar-refractivity contribution < 1.29 is 33.7 Å². The van der Waals surface area contributed by atoms with Gasteiger partial charge in [-0.3, -0.25) is 19.3 Å². The number of fused-ring (bicyclic) bond motifs is 1. The van der Waals surface area contributed by atoms with Crippen LogP contribution in [0.4, 0.5) is 5.13 Å². The van der Waals surface area contributed by atoms with E-state index in [1.807, 2.05) is 34.5 Å². The summed E-state index contributed by atoms with van der Waals surface area (Å²) in [6.07, 6.45) is 7.19. The number of nitrogens with zero attached hydrogens (tertiary/aromatic N) is 5. The van der Waals surface area contributed by atoms with E-state index in [9.17, 15) is 24.3 Å². The zero-order chi connectivity index (χ0) is 32.1. The quantitative estimate of drug-likeness (QED) is 0.103. The number of hydrogen-bond acceptors (Lipinski definition) is 12. The second-order valence-electron chi connectivity index (χ2n) is 9.38. The molecule has 0 aromatic carbocycles. The number of nitrogens with two attached hydrogens (primary N) is 1. The number of carboxylic acids is 1. The first kappa shape index (κ1) is 31.5. The number of nitrogen functional groups attached to an aromatic ring is 1. The SMILES string of the molecule is CCO/N=C(\C(=O)N[C@@H]1C(=O)N2C(C(=O)O)=C(/C=C/C[n+]3ccc(-c4csc(C(=O)N=C=N)c4)cc3)CS[C@H]12)c1csc(N)n1. The highest BCUT2D eigenvalue weighted by Gasteiger charge is 2.54. The van der Waals surface area contributed by atoms with E-state index in [0.29, 0.717) is 22.7 Å². The van der Waals surface area contributed by atoms with Gasteiger partial charge in [-0.2, -0.15) is 0 Å². The van der Waals surface area contributed by atoms with Crippen LogP contribution in [0.2, 0.25) is 0 Å². The van der Waals surface area contributed by atoms with Gasteiger partial charge in [-0.15, -0.1) is 39.4 Å². The van der Waals surface area contributed by atoms with E-state index < -0.39 is 35.1 Å². The summed E-state index contributed by atoms with van der Waals surface area (Å²) < 4.78 is 1.88. The topological polar surface area (TPSA) is 204 Å². The lowest BCUT2D eigenvalue weighted by molar-refractivity contribution is -0.686. The number of thioether (sulfide) groups is 1. The van der Waals surface area contributed by atoms with Gasteiger partial charge in [0.15, 0.2) is 29.8 Å². The van der Waals surface area contributed by atoms with Gasteiger partial charge in [-0.1, -0.05) is 11.2 Å². The highest BCUT2D eigenvalue weighted by atomic mass is 32.2. The number of hydrogen-bond donors (Lipinski definition) is 4. The summed E-state index contributed by atoms with van der Waals surface area (Å²) in [5.74, 6) is -2.69. The van der Waals surface area contributed by atoms with Crippen LogP contribution in [0.15, 0.2) is 74.9 Å². The van der Waals surface area contributed by atoms with E-state index in [0.717, 1.165) is 22.5 Å². The Morgan fingerprint density at radius 2 is 2.07 bits per heavy atom. The Kier molecular flexibility index (Phi) is 9.63. The Morgan fingerprint density at radius 3 is 2.73 bits per heavy atom. The monoisotopic (exact) mass is 665 g/mol. The van der Waals surface area contributed by atoms with E-state index in [4.69, 9.17) is 16.0 Å². The molecule has 0 saturated carbocycles. The van der Waals surface area contributed by atoms with Gasteiger partial charge in [0.2, 0.25) is 0 Å². The summed E-state index contributed by atoms with van der Waals surface area (Å²) in [5, 5.41) is 26.3. The molecule has 2 aliphatic rings. The minimum Gasteiger partial charge on any atom is -0.477 e. The van der Waals surface area contributed by atoms with Gasteiger partial charge in [-0.25, -0.2) is 19.8 Å². The van der Waals surface area contributed by atoms with E-state index >= 15 is 0 Å². The zero-order valence-corrected chi connectivity index (χ0v) is 25.9. The van der Waals surface area contributed by atoms with E-state index in [1.165, 1.54) is 28.0 Å². The minimum absolute atomic E-state index is 0.128. The van der Waals surface area contributed by atoms with Crippen molar-refractivity contribution in [3.05, 3.63) is 75.3 Å². The summed E-state index contributed by atoms with van der Waals surface area (Å²) in [7, 11) is 0. The Bertz CT molecular complexity index is 1810. The van der Waals surface area contributed by atoms with Crippen LogP contribution in [0.5, 0.6) is 0 Å². The number of carboxylic acid groups (broad SMARTS) is 1. The molecule has 5 heterocycles. The molecule has 45 heavy (non-hydrogen) atoms. The Balaban J connectivity index is 1.25. The number of thiazole rings is 1. The number of pyridine rings is 1. The molecule has 1 fully saturated rings. The highest BCUT2D eigenvalue weighted by Crippen LogP contribution is 2.40. The predicted octanol–water partition coefficient (Wildman–Crippen LogP) is 2.37. The van der Waals surface area contributed by atoms with Crippen molar-refractivity contribution in [1.82, 2.24) is 15.2 Å². The molecular formula is C28H25N8O6S3+. The van der Waals surface area contributed by atoms with Crippen molar-refractivity contribution in [1.29, 1.82) is 5.41 Å². The molecule has 0 spiro atoms. The number of rotatable bonds is 11. The lowest BCUT2D eigenvalue weighted by Gasteiger charge is -2.49. The molecule has 17 heteroatoms. The Hall–Kier alpha value is -4.96. The molecule has 3 aromatic heterocycles. The zero-order valence-electron chi connectivity index (χ0n) is 23.5. The number of β-lactam (4-membered cyclic amide) rings is 1. The van der Waals surface area contributed by atoms with Crippen molar-refractivity contribution in [2.45, 2.75) is 24.9 Å². The van der Waals surface area contributed by atoms with Gasteiger partial charge in [0, 0.05) is 23.3 Å². The molecule has 3 aromatic rings. The van der Waals surface area contributed by atoms with Crippen molar-refractivity contribution in [3.63, 3.8) is 0 Å². The van der Waals surface area contributed by atoms with Crippen LogP contribution in [0.25, 0.3) is 11.1 Å². The molecule has 2 atom stereocenters. The first-order chi connectivity index (χ1) is 21.7. The maximum atomic E-state index is 13.1. The van der Waals surface area contributed by atoms with Gasteiger partial charge < -0.3 is 21.0 Å². The van der Waals surface area contributed by atoms with Crippen LogP contribution in [0.3, 0.4) is 0 Å². The molecule has 5 N–H and O–H groups in total. The third-order valence-electron chi connectivity index (χ3n) is 6.58. The number of amides is 3. The molecule has 5 rings (SSSR count). The van der Waals surface area contributed by atoms with Crippen molar-refractivity contribution in [3.8, 4) is 11.1 Å². The van der Waals surface area contributed by atoms with Crippen molar-refractivity contribution >= 4 is 75.0 Å². The summed E-state index contributed by atoms with van der Waals surface area (Å²) in [6.45, 7) is 2.34. The largest absolute Gasteiger partial charge is 0.477 e. The molecule has 0 unspecified atom stereocenters. The van der Waals surface area contributed by atoms with Gasteiger partial charge >= 0.3 is 5.97 Å². The average molecular weight is 666 g/mol. The number of anilines is 1. The Labute approximate surface area is 268 Å². The van der Waals surface area contributed by atoms with E-state index in [1.54, 1.807) is 36.5 Å². The van der Waals surface area contributed by atoms with E-state index in [2.05, 4.69) is 20.4 Å². The molecule has 14 nitrogen and oxygen atoms in total. The van der Waals surface area contributed by atoms with Crippen LogP contribution >= 0.6 is 34.4 Å². The fourth-order valence-corrected chi connectivity index (χ4v) is 7.17. The van der Waals surface area contributed by atoms with Crippen LogP contribution in [-0.4, -0.2) is 74.2 Å². The first-order valence-corrected chi connectivity index (χ1v) is 16.1. The molecule has 0 bridgehead atoms. The van der Waals surface area contributed by atoms with Gasteiger partial charge in [0.05, 0.1) is 10.9 Å². The van der Waals surface area contributed by atoms with Gasteiger partial charge in [-0.05, 0) is 41.1 Å². The first-order valence-electron chi connectivity index (χ1n) is 13.3. The van der Waals surface area contributed by atoms with Crippen LogP contribution < -0.4 is 15.6 Å². The molecular weight excluding hydrogens is 641 g/mol. The summed E-state index contributed by atoms with van der Waals surface area (Å²) in [6, 6.07) is 6.26. The molecule has 230 valence electrons. The van der Waals surface area contributed by atoms with Crippen LogP contribution in [0.1, 0.15) is 22.3 Å². The van der Waals surface area contributed by atoms with Crippen LogP contribution in [0, 0.1) is 5.41 Å². The number of aromatic nitrogens is 2. The summed E-state index contributed by atoms with van der Waals surface area (Å²) in [5.41, 5.74) is 7.84. The number of allylic oxidation sites excluding steroid dienone is 2. The normalized spacial score (nSPS) is 17.8. The third-order valence-corrected chi connectivity index (χ3v) is 9.47. The smallest absolute Gasteiger partial charge is 0.352 e. The molecule has 2 aliphatic heterocycles. The predicted molar refractivity (Wildman–Crippen MR) is 168 cm³/mol. The van der Waals surface area contributed by atoms with Crippen LogP contribution in [-0.2, 0) is 25.8 Å². The standard InChI is InChI=1S/C28H24N8O6S3/c1-2-42-34-20(18-13-45-28(30)32-18)24(38)33-21-25(39)36-22(27(40)41)16(11-44-26(21)36)4-3-7-35-8-5-15(6-9-35)17-10-19(43-12-17)23(37)31-14-29/h3-6,8-10,12-13,21,26,29H,2,7,11H2,1H3,(H3-,30,32,33,38,40,41)/p+1/b4-3+,34-20-/t21-,26-/m1/s1. The number of aliphatic imine (C=N–C) groups is 1. The second-order valence-corrected chi connectivity index (χ2v) is 12.3. The average Bonchev–Trinajstić information content (AvgIpc) is 3.70. The molecule has 3 amide bonds. The fraction of sp³-hybridized carbons (Fsp3) is 0.214. The number of nitrogens with one attached hydrogen (secondary N) is 2. The highest BCUT2D eigenvalue weighted by molar-refractivity contribution is 8.00. The van der Waals surface area contributed by atoms with Crippen molar-refractivity contribution in [2.24, 2.45) is 10.1 Å². The third kappa shape index (κ3) is 6.76. The molecule has 0 aliphatic carbocycles. The van der Waals surface area contributed by atoms with Crippen molar-refractivity contribution in [2.75, 3.05) is 18.1 Å². The number of carbonyl (C=O) groups excluding carboxylic acids is 3. The number of thiophene rings is 1. The number of aliphatic carboxylic acids is 1. The summed E-state index contributed by atoms with van der Waals surface area (Å²) >= 11 is 3.70. The lowest BCUT2D eigenvalue weighted by atomic mass is 10.0. The van der Waals surface area contributed by atoms with Gasteiger partial charge in [0.25, 0.3) is 17.7 Å². The number of oxime groups is 1. The fourth-order valence-electron chi connectivity index (χ4n) is 4.50. The maximum absolute atomic E-state index is 13.1. The Morgan fingerprint density at radius 1 is 1.29 bits per heavy atom. The molecule has 1 saturated heterocycles. The maximum Gasteiger partial charge on any atom is 0.352 e. The molecule has 0 radical (unpaired) electrons. The summed E-state index contributed by atoms with van der Waals surface area (Å²) in [4.78, 5) is 64.3. The second kappa shape index (κ2) is 13.8. The van der Waals surface area contributed by atoms with E-state index in [-0.39, 0.29) is 28.8 Å². The minimum atomic E-state index is -1.24.